The normalized spacial score (nSPS) is 14.1. The molecule has 0 fully saturated rings. The highest BCUT2D eigenvalue weighted by Gasteiger charge is 2.14. The Bertz CT molecular complexity index is 618. The van der Waals surface area contributed by atoms with Gasteiger partial charge in [0.1, 0.15) is 5.82 Å². The zero-order valence-corrected chi connectivity index (χ0v) is 10.7. The molecule has 104 valence electrons. The van der Waals surface area contributed by atoms with Crippen LogP contribution in [0.1, 0.15) is 11.7 Å². The number of rotatable bonds is 4. The smallest absolute Gasteiger partial charge is 0.231 e. The molecule has 0 bridgehead atoms. The molecule has 2 aromatic carbocycles. The molecule has 0 aromatic heterocycles. The van der Waals surface area contributed by atoms with Crippen molar-refractivity contribution >= 4 is 5.69 Å². The second-order valence-electron chi connectivity index (χ2n) is 4.52. The van der Waals surface area contributed by atoms with E-state index in [0.29, 0.717) is 17.1 Å². The fraction of sp³-hybridized carbons (Fsp3) is 0.200. The van der Waals surface area contributed by atoms with Crippen LogP contribution in [0.4, 0.5) is 10.1 Å². The van der Waals surface area contributed by atoms with E-state index in [0.717, 1.165) is 5.69 Å². The number of halogens is 1. The first-order valence-electron chi connectivity index (χ1n) is 6.29. The van der Waals surface area contributed by atoms with Crippen molar-refractivity contribution in [3.05, 3.63) is 53.8 Å². The van der Waals surface area contributed by atoms with Gasteiger partial charge in [0, 0.05) is 18.3 Å². The Morgan fingerprint density at radius 1 is 1.15 bits per heavy atom. The van der Waals surface area contributed by atoms with Gasteiger partial charge < -0.3 is 19.9 Å². The highest BCUT2D eigenvalue weighted by Crippen LogP contribution is 2.34. The number of ether oxygens (including phenoxy) is 2. The van der Waals surface area contributed by atoms with Gasteiger partial charge in [0.2, 0.25) is 6.79 Å². The molecule has 3 rings (SSSR count). The van der Waals surface area contributed by atoms with Crippen LogP contribution < -0.4 is 14.8 Å². The lowest BCUT2D eigenvalue weighted by Crippen LogP contribution is -2.12. The number of aliphatic hydroxyl groups is 1. The van der Waals surface area contributed by atoms with Crippen LogP contribution in [-0.2, 0) is 0 Å². The summed E-state index contributed by atoms with van der Waals surface area (Å²) in [5.74, 6) is 1.03. The average molecular weight is 275 g/mol. The van der Waals surface area contributed by atoms with Crippen LogP contribution in [0.25, 0.3) is 0 Å². The fourth-order valence-corrected chi connectivity index (χ4v) is 2.05. The Hall–Kier alpha value is -2.27. The summed E-state index contributed by atoms with van der Waals surface area (Å²) >= 11 is 0. The molecule has 0 aliphatic carbocycles. The number of nitrogens with one attached hydrogen (secondary N) is 1. The molecule has 0 saturated heterocycles. The zero-order chi connectivity index (χ0) is 13.9. The summed E-state index contributed by atoms with van der Waals surface area (Å²) in [5, 5.41) is 13.1. The van der Waals surface area contributed by atoms with Crippen LogP contribution in [0.5, 0.6) is 11.5 Å². The van der Waals surface area contributed by atoms with Crippen molar-refractivity contribution < 1.29 is 19.0 Å². The van der Waals surface area contributed by atoms with Crippen LogP contribution in [0.2, 0.25) is 0 Å². The number of fused-ring (bicyclic) bond motifs is 1. The molecular weight excluding hydrogens is 261 g/mol. The van der Waals surface area contributed by atoms with Gasteiger partial charge in [-0.25, -0.2) is 4.39 Å². The molecule has 1 aliphatic rings. The van der Waals surface area contributed by atoms with Crippen molar-refractivity contribution in [2.75, 3.05) is 18.7 Å². The average Bonchev–Trinajstić information content (AvgIpc) is 2.92. The van der Waals surface area contributed by atoms with Crippen LogP contribution in [0, 0.1) is 5.82 Å². The Kier molecular flexibility index (Phi) is 3.43. The van der Waals surface area contributed by atoms with Crippen molar-refractivity contribution in [3.8, 4) is 11.5 Å². The lowest BCUT2D eigenvalue weighted by molar-refractivity contribution is 0.174. The van der Waals surface area contributed by atoms with Gasteiger partial charge in [-0.05, 0) is 29.8 Å². The molecule has 1 unspecified atom stereocenters. The summed E-state index contributed by atoms with van der Waals surface area (Å²) in [6, 6.07) is 11.4. The molecule has 1 aliphatic heterocycles. The SMILES string of the molecule is OC(CNc1ccc2c(c1)OCO2)c1cccc(F)c1. The quantitative estimate of drug-likeness (QED) is 0.900. The molecule has 4 nitrogen and oxygen atoms in total. The van der Waals surface area contributed by atoms with Gasteiger partial charge in [-0.2, -0.15) is 0 Å². The maximum atomic E-state index is 13.1. The molecule has 0 spiro atoms. The summed E-state index contributed by atoms with van der Waals surface area (Å²) in [5.41, 5.74) is 1.35. The summed E-state index contributed by atoms with van der Waals surface area (Å²) in [6.07, 6.45) is -0.781. The Morgan fingerprint density at radius 3 is 2.85 bits per heavy atom. The third kappa shape index (κ3) is 2.67. The zero-order valence-electron chi connectivity index (χ0n) is 10.7. The van der Waals surface area contributed by atoms with Crippen molar-refractivity contribution in [2.24, 2.45) is 0 Å². The summed E-state index contributed by atoms with van der Waals surface area (Å²) in [7, 11) is 0. The molecule has 0 amide bonds. The molecule has 2 N–H and O–H groups in total. The van der Waals surface area contributed by atoms with E-state index in [2.05, 4.69) is 5.32 Å². The first-order valence-corrected chi connectivity index (χ1v) is 6.29. The van der Waals surface area contributed by atoms with Gasteiger partial charge in [-0.1, -0.05) is 12.1 Å². The third-order valence-electron chi connectivity index (χ3n) is 3.11. The van der Waals surface area contributed by atoms with E-state index in [1.165, 1.54) is 12.1 Å². The summed E-state index contributed by atoms with van der Waals surface area (Å²) < 4.78 is 23.6. The molecule has 2 aromatic rings. The maximum absolute atomic E-state index is 13.1. The van der Waals surface area contributed by atoms with Crippen molar-refractivity contribution in [3.63, 3.8) is 0 Å². The second kappa shape index (κ2) is 5.38. The van der Waals surface area contributed by atoms with Gasteiger partial charge in [-0.15, -0.1) is 0 Å². The largest absolute Gasteiger partial charge is 0.454 e. The molecule has 5 heteroatoms. The number of hydrogen-bond acceptors (Lipinski definition) is 4. The fourth-order valence-electron chi connectivity index (χ4n) is 2.05. The van der Waals surface area contributed by atoms with Gasteiger partial charge in [0.05, 0.1) is 6.10 Å². The Balaban J connectivity index is 1.64. The third-order valence-corrected chi connectivity index (χ3v) is 3.11. The second-order valence-corrected chi connectivity index (χ2v) is 4.52. The first-order chi connectivity index (χ1) is 9.72. The topological polar surface area (TPSA) is 50.7 Å². The highest BCUT2D eigenvalue weighted by molar-refractivity contribution is 5.55. The van der Waals surface area contributed by atoms with Crippen LogP contribution in [0.3, 0.4) is 0 Å². The van der Waals surface area contributed by atoms with E-state index >= 15 is 0 Å². The van der Waals surface area contributed by atoms with Crippen LogP contribution in [-0.4, -0.2) is 18.4 Å². The minimum absolute atomic E-state index is 0.227. The van der Waals surface area contributed by atoms with E-state index in [1.54, 1.807) is 24.3 Å². The standard InChI is InChI=1S/C15H14FNO3/c16-11-3-1-2-10(6-11)13(18)8-17-12-4-5-14-15(7-12)20-9-19-14/h1-7,13,17-18H,8-9H2. The summed E-state index contributed by atoms with van der Waals surface area (Å²) in [4.78, 5) is 0. The van der Waals surface area contributed by atoms with E-state index in [1.807, 2.05) is 6.07 Å². The van der Waals surface area contributed by atoms with Gasteiger partial charge in [-0.3, -0.25) is 0 Å². The minimum atomic E-state index is -0.781. The molecule has 1 heterocycles. The van der Waals surface area contributed by atoms with Crippen molar-refractivity contribution in [2.45, 2.75) is 6.10 Å². The van der Waals surface area contributed by atoms with Gasteiger partial charge in [0.15, 0.2) is 11.5 Å². The van der Waals surface area contributed by atoms with Gasteiger partial charge >= 0.3 is 0 Å². The lowest BCUT2D eigenvalue weighted by atomic mass is 10.1. The summed E-state index contributed by atoms with van der Waals surface area (Å²) in [6.45, 7) is 0.508. The number of benzene rings is 2. The Labute approximate surface area is 115 Å². The highest BCUT2D eigenvalue weighted by atomic mass is 19.1. The van der Waals surface area contributed by atoms with Crippen molar-refractivity contribution in [1.82, 2.24) is 0 Å². The molecule has 20 heavy (non-hydrogen) atoms. The Morgan fingerprint density at radius 2 is 2.00 bits per heavy atom. The van der Waals surface area contributed by atoms with E-state index in [4.69, 9.17) is 9.47 Å². The van der Waals surface area contributed by atoms with E-state index in [-0.39, 0.29) is 19.2 Å². The molecule has 0 radical (unpaired) electrons. The minimum Gasteiger partial charge on any atom is -0.454 e. The predicted octanol–water partition coefficient (Wildman–Crippen LogP) is 2.70. The number of anilines is 1. The maximum Gasteiger partial charge on any atom is 0.231 e. The number of aliphatic hydroxyl groups excluding tert-OH is 1. The first kappa shape index (κ1) is 12.7. The van der Waals surface area contributed by atoms with Crippen LogP contribution >= 0.6 is 0 Å². The van der Waals surface area contributed by atoms with E-state index < -0.39 is 6.10 Å². The van der Waals surface area contributed by atoms with E-state index in [9.17, 15) is 9.50 Å². The van der Waals surface area contributed by atoms with Gasteiger partial charge in [0.25, 0.3) is 0 Å². The van der Waals surface area contributed by atoms with Crippen molar-refractivity contribution in [1.29, 1.82) is 0 Å². The molecular formula is C15H14FNO3. The molecule has 0 saturated carbocycles. The molecule has 1 atom stereocenters. The number of hydrogen-bond donors (Lipinski definition) is 2. The predicted molar refractivity (Wildman–Crippen MR) is 72.4 cm³/mol. The lowest BCUT2D eigenvalue weighted by Gasteiger charge is -2.13. The monoisotopic (exact) mass is 275 g/mol. The van der Waals surface area contributed by atoms with Crippen LogP contribution in [0.15, 0.2) is 42.5 Å².